The van der Waals surface area contributed by atoms with Gasteiger partial charge >= 0.3 is 12.1 Å². The van der Waals surface area contributed by atoms with E-state index in [2.05, 4.69) is 25.7 Å². The van der Waals surface area contributed by atoms with Gasteiger partial charge in [0.25, 0.3) is 0 Å². The van der Waals surface area contributed by atoms with Crippen molar-refractivity contribution in [2.75, 3.05) is 7.11 Å². The molecule has 0 spiro atoms. The van der Waals surface area contributed by atoms with E-state index in [-0.39, 0.29) is 21.3 Å². The van der Waals surface area contributed by atoms with Gasteiger partial charge < -0.3 is 9.30 Å². The third-order valence-corrected chi connectivity index (χ3v) is 3.08. The highest BCUT2D eigenvalue weighted by Crippen LogP contribution is 2.36. The molecule has 1 heterocycles. The molecule has 0 unspecified atom stereocenters. The number of aryl methyl sites for hydroxylation is 1. The lowest BCUT2D eigenvalue weighted by Gasteiger charge is -2.08. The number of carbonyl (C=O) groups excluding carboxylic acids is 1. The summed E-state index contributed by atoms with van der Waals surface area (Å²) in [6.45, 7) is 0. The van der Waals surface area contributed by atoms with Gasteiger partial charge in [-0.25, -0.2) is 9.78 Å². The van der Waals surface area contributed by atoms with E-state index in [1.165, 1.54) is 17.7 Å². The van der Waals surface area contributed by atoms with Crippen molar-refractivity contribution >= 4 is 32.9 Å². The predicted octanol–water partition coefficient (Wildman–Crippen LogP) is 3.14. The number of alkyl halides is 3. The summed E-state index contributed by atoms with van der Waals surface area (Å²) in [6, 6.07) is 2.39. The first-order valence-corrected chi connectivity index (χ1v) is 5.86. The first kappa shape index (κ1) is 13.9. The Morgan fingerprint density at radius 2 is 2.05 bits per heavy atom. The molecule has 0 bridgehead atoms. The van der Waals surface area contributed by atoms with Crippen molar-refractivity contribution < 1.29 is 22.7 Å². The third-order valence-electron chi connectivity index (χ3n) is 2.62. The molecule has 0 amide bonds. The minimum atomic E-state index is -4.55. The summed E-state index contributed by atoms with van der Waals surface area (Å²) in [5.41, 5.74) is -0.983. The van der Waals surface area contributed by atoms with Gasteiger partial charge in [0, 0.05) is 11.5 Å². The molecule has 102 valence electrons. The van der Waals surface area contributed by atoms with E-state index < -0.39 is 17.7 Å². The number of ether oxygens (including phenoxy) is 1. The number of rotatable bonds is 1. The molecule has 1 aromatic heterocycles. The van der Waals surface area contributed by atoms with Gasteiger partial charge in [-0.15, -0.1) is 0 Å². The van der Waals surface area contributed by atoms with Crippen LogP contribution in [-0.4, -0.2) is 22.6 Å². The van der Waals surface area contributed by atoms with Crippen molar-refractivity contribution in [2.45, 2.75) is 6.18 Å². The van der Waals surface area contributed by atoms with Crippen LogP contribution < -0.4 is 0 Å². The zero-order valence-electron chi connectivity index (χ0n) is 9.88. The maximum Gasteiger partial charge on any atom is 0.418 e. The second-order valence-corrected chi connectivity index (χ2v) is 4.72. The van der Waals surface area contributed by atoms with Crippen molar-refractivity contribution in [3.8, 4) is 0 Å². The molecule has 0 fully saturated rings. The average Bonchev–Trinajstić information content (AvgIpc) is 2.64. The third kappa shape index (κ3) is 2.32. The number of nitrogens with zero attached hydrogens (tertiary/aromatic N) is 2. The molecule has 2 rings (SSSR count). The number of methoxy groups -OCH3 is 1. The number of esters is 1. The Balaban J connectivity index is 2.83. The van der Waals surface area contributed by atoms with Crippen LogP contribution in [0.5, 0.6) is 0 Å². The van der Waals surface area contributed by atoms with Crippen molar-refractivity contribution in [3.05, 3.63) is 28.0 Å². The molecule has 0 aliphatic carbocycles. The lowest BCUT2D eigenvalue weighted by molar-refractivity contribution is -0.136. The van der Waals surface area contributed by atoms with Crippen molar-refractivity contribution in [1.29, 1.82) is 0 Å². The van der Waals surface area contributed by atoms with E-state index in [0.717, 1.165) is 13.2 Å². The summed E-state index contributed by atoms with van der Waals surface area (Å²) in [6.07, 6.45) is -4.55. The molecule has 8 heteroatoms. The largest absolute Gasteiger partial charge is 0.463 e. The molecule has 0 atom stereocenters. The Morgan fingerprint density at radius 1 is 1.42 bits per heavy atom. The van der Waals surface area contributed by atoms with Gasteiger partial charge in [-0.3, -0.25) is 0 Å². The normalized spacial score (nSPS) is 11.9. The van der Waals surface area contributed by atoms with Crippen LogP contribution in [0.15, 0.2) is 16.6 Å². The second-order valence-electron chi connectivity index (χ2n) is 3.80. The van der Waals surface area contributed by atoms with E-state index in [1.807, 2.05) is 0 Å². The summed E-state index contributed by atoms with van der Waals surface area (Å²) >= 11 is 3.02. The number of halogens is 4. The Kier molecular flexibility index (Phi) is 3.29. The van der Waals surface area contributed by atoms with Crippen LogP contribution in [0.4, 0.5) is 13.2 Å². The van der Waals surface area contributed by atoms with Gasteiger partial charge in [0.2, 0.25) is 5.82 Å². The summed E-state index contributed by atoms with van der Waals surface area (Å²) in [5.74, 6) is -0.968. The first-order valence-electron chi connectivity index (χ1n) is 5.07. The summed E-state index contributed by atoms with van der Waals surface area (Å²) in [5, 5.41) is 0. The lowest BCUT2D eigenvalue weighted by atomic mass is 10.2. The SMILES string of the molecule is COC(=O)c1nc2c(C(F)(F)F)cc(Br)cc2n1C. The molecule has 19 heavy (non-hydrogen) atoms. The van der Waals surface area contributed by atoms with Crippen molar-refractivity contribution in [3.63, 3.8) is 0 Å². The molecular weight excluding hydrogens is 329 g/mol. The Labute approximate surface area is 114 Å². The van der Waals surface area contributed by atoms with E-state index in [4.69, 9.17) is 0 Å². The number of benzene rings is 1. The molecule has 2 aromatic rings. The fourth-order valence-electron chi connectivity index (χ4n) is 1.74. The summed E-state index contributed by atoms with van der Waals surface area (Å²) < 4.78 is 44.8. The molecule has 0 radical (unpaired) electrons. The van der Waals surface area contributed by atoms with Crippen LogP contribution >= 0.6 is 15.9 Å². The van der Waals surface area contributed by atoms with Gasteiger partial charge in [0.15, 0.2) is 0 Å². The van der Waals surface area contributed by atoms with Crippen LogP contribution in [0.25, 0.3) is 11.0 Å². The van der Waals surface area contributed by atoms with Gasteiger partial charge in [-0.05, 0) is 12.1 Å². The zero-order chi connectivity index (χ0) is 14.4. The highest BCUT2D eigenvalue weighted by atomic mass is 79.9. The molecular formula is C11H8BrF3N2O2. The van der Waals surface area contributed by atoms with Gasteiger partial charge in [0.05, 0.1) is 18.2 Å². The van der Waals surface area contributed by atoms with Crippen molar-refractivity contribution in [2.24, 2.45) is 7.05 Å². The molecule has 0 saturated heterocycles. The van der Waals surface area contributed by atoms with Crippen LogP contribution in [0.1, 0.15) is 16.2 Å². The topological polar surface area (TPSA) is 44.1 Å². The Bertz CT molecular complexity index is 664. The highest BCUT2D eigenvalue weighted by Gasteiger charge is 2.35. The minimum Gasteiger partial charge on any atom is -0.463 e. The summed E-state index contributed by atoms with van der Waals surface area (Å²) in [7, 11) is 2.59. The number of fused-ring (bicyclic) bond motifs is 1. The maximum absolute atomic E-state index is 12.9. The van der Waals surface area contributed by atoms with Gasteiger partial charge in [-0.2, -0.15) is 13.2 Å². The lowest BCUT2D eigenvalue weighted by Crippen LogP contribution is -2.08. The molecule has 0 N–H and O–H groups in total. The number of hydrogen-bond acceptors (Lipinski definition) is 3. The van der Waals surface area contributed by atoms with Crippen LogP contribution in [0.3, 0.4) is 0 Å². The van der Waals surface area contributed by atoms with Crippen LogP contribution in [0, 0.1) is 0 Å². The summed E-state index contributed by atoms with van der Waals surface area (Å²) in [4.78, 5) is 15.2. The number of carbonyl (C=O) groups is 1. The number of aromatic nitrogens is 2. The highest BCUT2D eigenvalue weighted by molar-refractivity contribution is 9.10. The Morgan fingerprint density at radius 3 is 2.58 bits per heavy atom. The van der Waals surface area contributed by atoms with Gasteiger partial charge in [-0.1, -0.05) is 15.9 Å². The Hall–Kier alpha value is -1.57. The molecule has 0 aliphatic heterocycles. The van der Waals surface area contributed by atoms with Crippen LogP contribution in [-0.2, 0) is 18.0 Å². The quantitative estimate of drug-likeness (QED) is 0.751. The fourth-order valence-corrected chi connectivity index (χ4v) is 2.19. The minimum absolute atomic E-state index is 0.180. The number of imidazole rings is 1. The molecule has 1 aromatic carbocycles. The average molecular weight is 337 g/mol. The molecule has 0 saturated carbocycles. The molecule has 4 nitrogen and oxygen atoms in total. The molecule has 0 aliphatic rings. The van der Waals surface area contributed by atoms with Crippen molar-refractivity contribution in [1.82, 2.24) is 9.55 Å². The predicted molar refractivity (Wildman–Crippen MR) is 64.8 cm³/mol. The monoisotopic (exact) mass is 336 g/mol. The first-order chi connectivity index (χ1) is 8.75. The van der Waals surface area contributed by atoms with E-state index in [1.54, 1.807) is 0 Å². The number of hydrogen-bond donors (Lipinski definition) is 0. The smallest absolute Gasteiger partial charge is 0.418 e. The van der Waals surface area contributed by atoms with E-state index >= 15 is 0 Å². The second kappa shape index (κ2) is 4.52. The fraction of sp³-hybridized carbons (Fsp3) is 0.273. The van der Waals surface area contributed by atoms with E-state index in [9.17, 15) is 18.0 Å². The maximum atomic E-state index is 12.9. The van der Waals surface area contributed by atoms with Crippen LogP contribution in [0.2, 0.25) is 0 Å². The standard InChI is InChI=1S/C11H8BrF3N2O2/c1-17-7-4-5(12)3-6(11(13,14)15)8(7)16-9(17)10(18)19-2/h3-4H,1-2H3. The van der Waals surface area contributed by atoms with Gasteiger partial charge in [0.1, 0.15) is 5.52 Å². The van der Waals surface area contributed by atoms with E-state index in [0.29, 0.717) is 0 Å². The zero-order valence-corrected chi connectivity index (χ0v) is 11.5.